The maximum atomic E-state index is 12.7. The van der Waals surface area contributed by atoms with E-state index in [4.69, 9.17) is 5.11 Å². The van der Waals surface area contributed by atoms with E-state index in [1.54, 1.807) is 4.90 Å². The summed E-state index contributed by atoms with van der Waals surface area (Å²) in [6.45, 7) is 9.75. The van der Waals surface area contributed by atoms with Gasteiger partial charge in [0.15, 0.2) is 0 Å². The number of nitrogens with zero attached hydrogens (tertiary/aromatic N) is 1. The molecule has 4 nitrogen and oxygen atoms in total. The van der Waals surface area contributed by atoms with Crippen LogP contribution in [-0.4, -0.2) is 23.5 Å². The molecule has 1 aromatic carbocycles. The van der Waals surface area contributed by atoms with Crippen LogP contribution in [0.15, 0.2) is 18.2 Å². The maximum Gasteiger partial charge on any atom is 0.305 e. The van der Waals surface area contributed by atoms with Gasteiger partial charge in [-0.1, -0.05) is 45.9 Å². The Morgan fingerprint density at radius 2 is 1.86 bits per heavy atom. The summed E-state index contributed by atoms with van der Waals surface area (Å²) in [5.41, 5.74) is 2.38. The Labute approximate surface area is 126 Å². The fraction of sp³-hybridized carbons (Fsp3) is 0.529. The van der Waals surface area contributed by atoms with Crippen LogP contribution in [0.25, 0.3) is 0 Å². The summed E-state index contributed by atoms with van der Waals surface area (Å²) < 4.78 is 0. The summed E-state index contributed by atoms with van der Waals surface area (Å²) in [6.07, 6.45) is 0.747. The topological polar surface area (TPSA) is 57.6 Å². The molecule has 1 amide bonds. The maximum absolute atomic E-state index is 12.7. The van der Waals surface area contributed by atoms with Crippen LogP contribution in [0.2, 0.25) is 0 Å². The monoisotopic (exact) mass is 291 g/mol. The molecule has 1 aromatic rings. The van der Waals surface area contributed by atoms with Gasteiger partial charge in [0.05, 0.1) is 6.42 Å². The zero-order chi connectivity index (χ0) is 16.2. The summed E-state index contributed by atoms with van der Waals surface area (Å²) in [5.74, 6) is -0.943. The first-order chi connectivity index (χ1) is 9.68. The van der Waals surface area contributed by atoms with Crippen molar-refractivity contribution in [1.29, 1.82) is 0 Å². The lowest BCUT2D eigenvalue weighted by molar-refractivity contribution is -0.136. The number of anilines is 1. The summed E-state index contributed by atoms with van der Waals surface area (Å²) in [4.78, 5) is 25.3. The molecule has 4 heteroatoms. The van der Waals surface area contributed by atoms with Crippen LogP contribution in [0, 0.1) is 12.3 Å². The highest BCUT2D eigenvalue weighted by atomic mass is 16.4. The number of para-hydroxylation sites is 1. The molecule has 0 spiro atoms. The number of hydrogen-bond acceptors (Lipinski definition) is 2. The largest absolute Gasteiger partial charge is 0.481 e. The number of carbonyl (C=O) groups is 2. The van der Waals surface area contributed by atoms with E-state index in [9.17, 15) is 9.59 Å². The highest BCUT2D eigenvalue weighted by Crippen LogP contribution is 2.30. The van der Waals surface area contributed by atoms with Gasteiger partial charge in [-0.2, -0.15) is 0 Å². The molecule has 0 fully saturated rings. The molecule has 1 rings (SSSR count). The molecule has 0 atom stereocenters. The molecule has 0 aliphatic rings. The normalized spacial score (nSPS) is 11.3. The Morgan fingerprint density at radius 3 is 2.33 bits per heavy atom. The van der Waals surface area contributed by atoms with Crippen LogP contribution in [0.3, 0.4) is 0 Å². The Hall–Kier alpha value is -1.84. The molecule has 0 heterocycles. The van der Waals surface area contributed by atoms with Crippen molar-refractivity contribution >= 4 is 17.6 Å². The van der Waals surface area contributed by atoms with Gasteiger partial charge in [-0.3, -0.25) is 9.59 Å². The standard InChI is InChI=1S/C17H25NO3/c1-6-13-9-7-8-12(2)15(13)18(11-10-14(19)20)16(21)17(3,4)5/h7-9H,6,10-11H2,1-5H3,(H,19,20). The van der Waals surface area contributed by atoms with Crippen molar-refractivity contribution in [3.63, 3.8) is 0 Å². The lowest BCUT2D eigenvalue weighted by Crippen LogP contribution is -2.41. The number of aliphatic carboxylic acids is 1. The summed E-state index contributed by atoms with van der Waals surface area (Å²) in [7, 11) is 0. The van der Waals surface area contributed by atoms with Gasteiger partial charge in [-0.05, 0) is 24.5 Å². The predicted molar refractivity (Wildman–Crippen MR) is 84.6 cm³/mol. The first-order valence-electron chi connectivity index (χ1n) is 7.30. The first-order valence-corrected chi connectivity index (χ1v) is 7.30. The van der Waals surface area contributed by atoms with Crippen LogP contribution in [0.4, 0.5) is 5.69 Å². The Balaban J connectivity index is 3.30. The van der Waals surface area contributed by atoms with Crippen molar-refractivity contribution in [1.82, 2.24) is 0 Å². The number of carbonyl (C=O) groups excluding carboxylic acids is 1. The highest BCUT2D eigenvalue weighted by Gasteiger charge is 2.30. The SMILES string of the molecule is CCc1cccc(C)c1N(CCC(=O)O)C(=O)C(C)(C)C. The minimum Gasteiger partial charge on any atom is -0.481 e. The number of carboxylic acids is 1. The molecule has 0 radical (unpaired) electrons. The Bertz CT molecular complexity index is 529. The molecule has 0 unspecified atom stereocenters. The van der Waals surface area contributed by atoms with Gasteiger partial charge in [0.25, 0.3) is 0 Å². The highest BCUT2D eigenvalue weighted by molar-refractivity contribution is 5.98. The lowest BCUT2D eigenvalue weighted by atomic mass is 9.93. The van der Waals surface area contributed by atoms with Gasteiger partial charge in [0, 0.05) is 17.6 Å². The molecule has 0 bridgehead atoms. The van der Waals surface area contributed by atoms with Crippen molar-refractivity contribution in [2.75, 3.05) is 11.4 Å². The van der Waals surface area contributed by atoms with Crippen LogP contribution in [-0.2, 0) is 16.0 Å². The molecular formula is C17H25NO3. The second-order valence-electron chi connectivity index (χ2n) is 6.29. The Morgan fingerprint density at radius 1 is 1.24 bits per heavy atom. The van der Waals surface area contributed by atoms with Gasteiger partial charge in [0.1, 0.15) is 0 Å². The number of carboxylic acid groups (broad SMARTS) is 1. The van der Waals surface area contributed by atoms with E-state index in [1.165, 1.54) is 0 Å². The van der Waals surface area contributed by atoms with Gasteiger partial charge in [-0.25, -0.2) is 0 Å². The number of benzene rings is 1. The molecule has 0 saturated carbocycles. The molecule has 0 saturated heterocycles. The van der Waals surface area contributed by atoms with E-state index < -0.39 is 11.4 Å². The van der Waals surface area contributed by atoms with Crippen molar-refractivity contribution in [3.05, 3.63) is 29.3 Å². The first kappa shape index (κ1) is 17.2. The predicted octanol–water partition coefficient (Wildman–Crippen LogP) is 3.41. The van der Waals surface area contributed by atoms with E-state index in [-0.39, 0.29) is 18.9 Å². The fourth-order valence-corrected chi connectivity index (χ4v) is 2.32. The minimum absolute atomic E-state index is 0.0484. The van der Waals surface area contributed by atoms with Gasteiger partial charge >= 0.3 is 5.97 Å². The van der Waals surface area contributed by atoms with E-state index in [2.05, 4.69) is 0 Å². The minimum atomic E-state index is -0.895. The smallest absolute Gasteiger partial charge is 0.305 e. The van der Waals surface area contributed by atoms with Crippen molar-refractivity contribution in [3.8, 4) is 0 Å². The second kappa shape index (κ2) is 6.74. The van der Waals surface area contributed by atoms with Crippen molar-refractivity contribution in [2.24, 2.45) is 5.41 Å². The van der Waals surface area contributed by atoms with Gasteiger partial charge < -0.3 is 10.0 Å². The molecule has 21 heavy (non-hydrogen) atoms. The third-order valence-electron chi connectivity index (χ3n) is 3.41. The van der Waals surface area contributed by atoms with E-state index in [0.29, 0.717) is 0 Å². The average Bonchev–Trinajstić information content (AvgIpc) is 2.38. The summed E-state index contributed by atoms with van der Waals surface area (Å²) >= 11 is 0. The van der Waals surface area contributed by atoms with Crippen LogP contribution >= 0.6 is 0 Å². The third kappa shape index (κ3) is 4.31. The third-order valence-corrected chi connectivity index (χ3v) is 3.41. The number of amides is 1. The van der Waals surface area contributed by atoms with Crippen LogP contribution in [0.1, 0.15) is 45.2 Å². The zero-order valence-corrected chi connectivity index (χ0v) is 13.6. The molecule has 0 aromatic heterocycles. The van der Waals surface area contributed by atoms with Crippen molar-refractivity contribution in [2.45, 2.75) is 47.5 Å². The van der Waals surface area contributed by atoms with E-state index in [1.807, 2.05) is 52.8 Å². The van der Waals surface area contributed by atoms with Gasteiger partial charge in [0.2, 0.25) is 5.91 Å². The molecule has 1 N–H and O–H groups in total. The average molecular weight is 291 g/mol. The lowest BCUT2D eigenvalue weighted by Gasteiger charge is -2.32. The summed E-state index contributed by atoms with van der Waals surface area (Å²) in [6, 6.07) is 5.92. The van der Waals surface area contributed by atoms with Crippen LogP contribution < -0.4 is 4.90 Å². The Kier molecular flexibility index (Phi) is 5.53. The number of aryl methyl sites for hydroxylation is 2. The molecule has 116 valence electrons. The number of rotatable bonds is 5. The van der Waals surface area contributed by atoms with Gasteiger partial charge in [-0.15, -0.1) is 0 Å². The van der Waals surface area contributed by atoms with E-state index in [0.717, 1.165) is 23.2 Å². The van der Waals surface area contributed by atoms with E-state index >= 15 is 0 Å². The van der Waals surface area contributed by atoms with Crippen LogP contribution in [0.5, 0.6) is 0 Å². The molecule has 0 aliphatic heterocycles. The second-order valence-corrected chi connectivity index (χ2v) is 6.29. The zero-order valence-electron chi connectivity index (χ0n) is 13.6. The molecule has 0 aliphatic carbocycles. The molecular weight excluding hydrogens is 266 g/mol. The number of hydrogen-bond donors (Lipinski definition) is 1. The fourth-order valence-electron chi connectivity index (χ4n) is 2.32. The summed E-state index contributed by atoms with van der Waals surface area (Å²) in [5, 5.41) is 8.95. The van der Waals surface area contributed by atoms with Crippen molar-refractivity contribution < 1.29 is 14.7 Å². The quantitative estimate of drug-likeness (QED) is 0.904.